The first-order chi connectivity index (χ1) is 9.69. The lowest BCUT2D eigenvalue weighted by Gasteiger charge is -2.21. The van der Waals surface area contributed by atoms with Gasteiger partial charge in [0, 0.05) is 10.1 Å². The molecule has 0 aliphatic rings. The van der Waals surface area contributed by atoms with E-state index in [1.807, 2.05) is 6.20 Å². The van der Waals surface area contributed by atoms with Crippen LogP contribution in [0, 0.1) is 3.57 Å². The van der Waals surface area contributed by atoms with E-state index in [2.05, 4.69) is 91.7 Å². The summed E-state index contributed by atoms with van der Waals surface area (Å²) in [4.78, 5) is 0. The maximum Gasteiger partial charge on any atom is 0.0770 e. The third kappa shape index (κ3) is 3.43. The largest absolute Gasteiger partial charge is 0.305 e. The molecule has 1 aromatic carbocycles. The van der Waals surface area contributed by atoms with Gasteiger partial charge in [0.1, 0.15) is 0 Å². The zero-order valence-corrected chi connectivity index (χ0v) is 15.5. The van der Waals surface area contributed by atoms with Gasteiger partial charge in [-0.15, -0.1) is 0 Å². The van der Waals surface area contributed by atoms with E-state index in [4.69, 9.17) is 0 Å². The molecule has 1 heterocycles. The number of hydrogen-bond acceptors (Lipinski definition) is 2. The number of aryl methyl sites for hydroxylation is 1. The van der Waals surface area contributed by atoms with Crippen LogP contribution in [0.5, 0.6) is 0 Å². The van der Waals surface area contributed by atoms with Crippen LogP contribution in [-0.4, -0.2) is 16.3 Å². The Morgan fingerprint density at radius 1 is 1.35 bits per heavy atom. The molecule has 108 valence electrons. The van der Waals surface area contributed by atoms with E-state index < -0.39 is 0 Å². The normalized spacial score (nSPS) is 12.6. The van der Waals surface area contributed by atoms with Crippen molar-refractivity contribution in [1.82, 2.24) is 15.1 Å². The van der Waals surface area contributed by atoms with Gasteiger partial charge >= 0.3 is 0 Å². The van der Waals surface area contributed by atoms with Crippen molar-refractivity contribution in [3.05, 3.63) is 49.8 Å². The number of halogens is 2. The summed E-state index contributed by atoms with van der Waals surface area (Å²) >= 11 is 6.05. The minimum atomic E-state index is 0.163. The number of rotatable bonds is 6. The summed E-state index contributed by atoms with van der Waals surface area (Å²) < 4.78 is 4.43. The molecule has 0 bridgehead atoms. The molecular weight excluding hydrogens is 429 g/mol. The SMILES string of the molecule is CCCn1ncc(Br)c1C(NCC)c1ccccc1I. The summed E-state index contributed by atoms with van der Waals surface area (Å²) in [6.07, 6.45) is 2.97. The molecule has 0 fully saturated rings. The molecule has 5 heteroatoms. The van der Waals surface area contributed by atoms with Gasteiger partial charge in [0.2, 0.25) is 0 Å². The van der Waals surface area contributed by atoms with Crippen LogP contribution in [0.2, 0.25) is 0 Å². The van der Waals surface area contributed by atoms with E-state index in [0.717, 1.165) is 24.0 Å². The van der Waals surface area contributed by atoms with Gasteiger partial charge in [-0.05, 0) is 63.1 Å². The first kappa shape index (κ1) is 16.0. The maximum atomic E-state index is 4.49. The fraction of sp³-hybridized carbons (Fsp3) is 0.400. The van der Waals surface area contributed by atoms with Crippen LogP contribution in [0.15, 0.2) is 34.9 Å². The third-order valence-corrected chi connectivity index (χ3v) is 4.76. The van der Waals surface area contributed by atoms with Crippen molar-refractivity contribution in [1.29, 1.82) is 0 Å². The number of nitrogens with zero attached hydrogens (tertiary/aromatic N) is 2. The lowest BCUT2D eigenvalue weighted by atomic mass is 10.0. The van der Waals surface area contributed by atoms with Crippen molar-refractivity contribution in [3.63, 3.8) is 0 Å². The minimum Gasteiger partial charge on any atom is -0.305 e. The van der Waals surface area contributed by atoms with Crippen LogP contribution in [0.4, 0.5) is 0 Å². The molecule has 0 amide bonds. The highest BCUT2D eigenvalue weighted by Crippen LogP contribution is 2.31. The van der Waals surface area contributed by atoms with Crippen molar-refractivity contribution in [3.8, 4) is 0 Å². The Hall–Kier alpha value is -0.400. The van der Waals surface area contributed by atoms with Crippen molar-refractivity contribution >= 4 is 38.5 Å². The first-order valence-corrected chi connectivity index (χ1v) is 8.75. The zero-order chi connectivity index (χ0) is 14.5. The molecule has 0 saturated carbocycles. The predicted octanol–water partition coefficient (Wildman–Crippen LogP) is 4.36. The van der Waals surface area contributed by atoms with Crippen LogP contribution in [0.3, 0.4) is 0 Å². The fourth-order valence-corrected chi connectivity index (χ4v) is 3.54. The Balaban J connectivity index is 2.49. The summed E-state index contributed by atoms with van der Waals surface area (Å²) in [7, 11) is 0. The quantitative estimate of drug-likeness (QED) is 0.666. The second-order valence-corrected chi connectivity index (χ2v) is 6.63. The topological polar surface area (TPSA) is 29.9 Å². The van der Waals surface area contributed by atoms with Gasteiger partial charge in [0.05, 0.1) is 22.4 Å². The van der Waals surface area contributed by atoms with E-state index in [1.54, 1.807) is 0 Å². The minimum absolute atomic E-state index is 0.163. The summed E-state index contributed by atoms with van der Waals surface area (Å²) in [5.74, 6) is 0. The van der Waals surface area contributed by atoms with Crippen LogP contribution in [0.25, 0.3) is 0 Å². The highest BCUT2D eigenvalue weighted by molar-refractivity contribution is 14.1. The van der Waals surface area contributed by atoms with Crippen molar-refractivity contribution in [2.45, 2.75) is 32.9 Å². The maximum absolute atomic E-state index is 4.49. The van der Waals surface area contributed by atoms with Gasteiger partial charge in [0.25, 0.3) is 0 Å². The Kier molecular flexibility index (Phi) is 6.04. The molecule has 0 aliphatic heterocycles. The molecule has 0 saturated heterocycles. The van der Waals surface area contributed by atoms with Gasteiger partial charge in [-0.2, -0.15) is 5.10 Å². The zero-order valence-electron chi connectivity index (χ0n) is 11.7. The number of hydrogen-bond donors (Lipinski definition) is 1. The average Bonchev–Trinajstić information content (AvgIpc) is 2.79. The number of nitrogens with one attached hydrogen (secondary N) is 1. The van der Waals surface area contributed by atoms with Gasteiger partial charge in [-0.3, -0.25) is 4.68 Å². The summed E-state index contributed by atoms with van der Waals surface area (Å²) in [5.41, 5.74) is 2.51. The highest BCUT2D eigenvalue weighted by atomic mass is 127. The van der Waals surface area contributed by atoms with E-state index in [1.165, 1.54) is 14.8 Å². The molecule has 1 unspecified atom stereocenters. The average molecular weight is 448 g/mol. The lowest BCUT2D eigenvalue weighted by molar-refractivity contribution is 0.518. The molecular formula is C15H19BrIN3. The molecule has 20 heavy (non-hydrogen) atoms. The van der Waals surface area contributed by atoms with Crippen molar-refractivity contribution in [2.75, 3.05) is 6.54 Å². The van der Waals surface area contributed by atoms with Gasteiger partial charge in [-0.25, -0.2) is 0 Å². The number of benzene rings is 1. The van der Waals surface area contributed by atoms with Crippen LogP contribution in [0.1, 0.15) is 37.6 Å². The monoisotopic (exact) mass is 447 g/mol. The first-order valence-electron chi connectivity index (χ1n) is 6.88. The van der Waals surface area contributed by atoms with Crippen LogP contribution >= 0.6 is 38.5 Å². The van der Waals surface area contributed by atoms with Crippen LogP contribution < -0.4 is 5.32 Å². The second kappa shape index (κ2) is 7.56. The summed E-state index contributed by atoms with van der Waals surface area (Å²) in [5, 5.41) is 8.08. The van der Waals surface area contributed by atoms with Crippen LogP contribution in [-0.2, 0) is 6.54 Å². The standard InChI is InChI=1S/C15H19BrIN3/c1-3-9-20-15(12(16)10-19-20)14(18-4-2)11-7-5-6-8-13(11)17/h5-8,10,14,18H,3-4,9H2,1-2H3. The predicted molar refractivity (Wildman–Crippen MR) is 94.9 cm³/mol. The van der Waals surface area contributed by atoms with Crippen molar-refractivity contribution < 1.29 is 0 Å². The molecule has 0 aliphatic carbocycles. The Morgan fingerprint density at radius 3 is 2.75 bits per heavy atom. The Bertz CT molecular complexity index is 568. The van der Waals surface area contributed by atoms with E-state index >= 15 is 0 Å². The van der Waals surface area contributed by atoms with E-state index in [9.17, 15) is 0 Å². The molecule has 3 nitrogen and oxygen atoms in total. The Morgan fingerprint density at radius 2 is 2.10 bits per heavy atom. The summed E-state index contributed by atoms with van der Waals surface area (Å²) in [6, 6.07) is 8.67. The highest BCUT2D eigenvalue weighted by Gasteiger charge is 2.22. The molecule has 2 aromatic rings. The van der Waals surface area contributed by atoms with E-state index in [-0.39, 0.29) is 6.04 Å². The Labute approximate surface area is 142 Å². The third-order valence-electron chi connectivity index (χ3n) is 3.17. The second-order valence-electron chi connectivity index (χ2n) is 4.61. The fourth-order valence-electron chi connectivity index (χ4n) is 2.32. The number of aromatic nitrogens is 2. The summed E-state index contributed by atoms with van der Waals surface area (Å²) in [6.45, 7) is 6.16. The molecule has 1 aromatic heterocycles. The molecule has 1 atom stereocenters. The smallest absolute Gasteiger partial charge is 0.0770 e. The van der Waals surface area contributed by atoms with Gasteiger partial charge < -0.3 is 5.32 Å². The molecule has 0 radical (unpaired) electrons. The van der Waals surface area contributed by atoms with E-state index in [0.29, 0.717) is 0 Å². The molecule has 1 N–H and O–H groups in total. The lowest BCUT2D eigenvalue weighted by Crippen LogP contribution is -2.26. The van der Waals surface area contributed by atoms with Gasteiger partial charge in [0.15, 0.2) is 0 Å². The molecule has 2 rings (SSSR count). The van der Waals surface area contributed by atoms with Gasteiger partial charge in [-0.1, -0.05) is 32.0 Å². The van der Waals surface area contributed by atoms with Crippen molar-refractivity contribution in [2.24, 2.45) is 0 Å². The molecule has 0 spiro atoms.